The Morgan fingerprint density at radius 3 is 2.23 bits per heavy atom. The molecule has 0 amide bonds. The molecule has 0 heterocycles. The number of hydrogen-bond acceptors (Lipinski definition) is 3. The molecule has 0 fully saturated rings. The van der Waals surface area contributed by atoms with Crippen molar-refractivity contribution in [2.45, 2.75) is 18.6 Å². The van der Waals surface area contributed by atoms with Crippen molar-refractivity contribution >= 4 is 13.6 Å². The fourth-order valence-electron chi connectivity index (χ4n) is 0.475. The molecule has 5 N–H and O–H groups in total. The lowest BCUT2D eigenvalue weighted by Gasteiger charge is -2.08. The Hall–Kier alpha value is -0.680. The van der Waals surface area contributed by atoms with Crippen molar-refractivity contribution in [2.75, 3.05) is 0 Å². The van der Waals surface area contributed by atoms with Gasteiger partial charge in [-0.15, -0.1) is 0 Å². The first-order valence-electron chi connectivity index (χ1n) is 3.47. The van der Waals surface area contributed by atoms with E-state index < -0.39 is 25.3 Å². The van der Waals surface area contributed by atoms with Crippen LogP contribution in [0.5, 0.6) is 0 Å². The molecule has 0 spiro atoms. The third-order valence-electron chi connectivity index (χ3n) is 1.41. The number of aliphatic carboxylic acids is 1. The zero-order valence-corrected chi connectivity index (χ0v) is 7.89. The van der Waals surface area contributed by atoms with Crippen LogP contribution in [0.25, 0.3) is 0 Å². The van der Waals surface area contributed by atoms with Crippen LogP contribution in [-0.2, 0) is 9.36 Å². The van der Waals surface area contributed by atoms with Crippen molar-refractivity contribution in [1.29, 1.82) is 0 Å². The molecule has 0 saturated carbocycles. The molecular weight excluding hydrogens is 197 g/mol. The van der Waals surface area contributed by atoms with Gasteiger partial charge in [0.25, 0.3) is 0 Å². The van der Waals surface area contributed by atoms with Crippen LogP contribution in [0.1, 0.15) is 6.92 Å². The minimum atomic E-state index is -4.18. The standard InChI is InChI=1S/C6H12NO5P/c1-4(13(10,11)12)2-3-5(7)6(8)9/h2-5H,7H2,1H3,(H,8,9)(H2,10,11,12). The molecule has 0 aliphatic carbocycles. The second kappa shape index (κ2) is 4.53. The smallest absolute Gasteiger partial charge is 0.332 e. The van der Waals surface area contributed by atoms with Gasteiger partial charge in [-0.2, -0.15) is 0 Å². The number of hydrogen-bond donors (Lipinski definition) is 4. The van der Waals surface area contributed by atoms with Crippen LogP contribution in [0, 0.1) is 0 Å². The summed E-state index contributed by atoms with van der Waals surface area (Å²) in [4.78, 5) is 27.4. The van der Waals surface area contributed by atoms with E-state index in [4.69, 9.17) is 20.6 Å². The van der Waals surface area contributed by atoms with Crippen molar-refractivity contribution in [3.8, 4) is 0 Å². The lowest BCUT2D eigenvalue weighted by atomic mass is 10.2. The molecule has 7 heteroatoms. The molecule has 0 aromatic carbocycles. The number of carboxylic acids is 1. The first-order chi connectivity index (χ1) is 5.75. The summed E-state index contributed by atoms with van der Waals surface area (Å²) in [5.74, 6) is -1.24. The van der Waals surface area contributed by atoms with Gasteiger partial charge in [-0.25, -0.2) is 0 Å². The van der Waals surface area contributed by atoms with E-state index in [9.17, 15) is 9.36 Å². The minimum absolute atomic E-state index is 1.02. The van der Waals surface area contributed by atoms with Gasteiger partial charge in [-0.05, 0) is 6.92 Å². The summed E-state index contributed by atoms with van der Waals surface area (Å²) in [5, 5.41) is 8.33. The second-order valence-corrected chi connectivity index (χ2v) is 4.57. The van der Waals surface area contributed by atoms with Gasteiger partial charge in [0.15, 0.2) is 0 Å². The lowest BCUT2D eigenvalue weighted by Crippen LogP contribution is -2.27. The number of rotatable bonds is 4. The molecule has 0 aromatic heterocycles. The number of nitrogens with two attached hydrogens (primary N) is 1. The van der Waals surface area contributed by atoms with Crippen molar-refractivity contribution in [3.05, 3.63) is 12.2 Å². The Balaban J connectivity index is 4.29. The zero-order chi connectivity index (χ0) is 10.6. The third kappa shape index (κ3) is 4.80. The SMILES string of the molecule is CC(C=CC(N)C(=O)O)P(=O)(O)O. The fourth-order valence-corrected chi connectivity index (χ4v) is 0.799. The average molecular weight is 209 g/mol. The van der Waals surface area contributed by atoms with Gasteiger partial charge < -0.3 is 20.6 Å². The number of carbonyl (C=O) groups is 1. The molecule has 0 radical (unpaired) electrons. The van der Waals surface area contributed by atoms with Crippen LogP contribution in [0.2, 0.25) is 0 Å². The van der Waals surface area contributed by atoms with Crippen LogP contribution in [-0.4, -0.2) is 32.6 Å². The normalized spacial score (nSPS) is 17.2. The molecular formula is C6H12NO5P. The van der Waals surface area contributed by atoms with Gasteiger partial charge in [-0.1, -0.05) is 12.2 Å². The highest BCUT2D eigenvalue weighted by Crippen LogP contribution is 2.41. The molecule has 2 unspecified atom stereocenters. The third-order valence-corrected chi connectivity index (χ3v) is 2.65. The summed E-state index contributed by atoms with van der Waals surface area (Å²) in [7, 11) is -4.18. The molecule has 76 valence electrons. The Bertz CT molecular complexity index is 258. The Morgan fingerprint density at radius 2 is 1.92 bits per heavy atom. The summed E-state index contributed by atoms with van der Waals surface area (Å²) in [6.45, 7) is 1.28. The molecule has 13 heavy (non-hydrogen) atoms. The highest BCUT2D eigenvalue weighted by atomic mass is 31.2. The van der Waals surface area contributed by atoms with Crippen molar-refractivity contribution < 1.29 is 24.3 Å². The van der Waals surface area contributed by atoms with Crippen LogP contribution in [0.15, 0.2) is 12.2 Å². The van der Waals surface area contributed by atoms with E-state index in [-0.39, 0.29) is 0 Å². The summed E-state index contributed by atoms with van der Waals surface area (Å²) in [6, 6.07) is -1.23. The van der Waals surface area contributed by atoms with Crippen LogP contribution < -0.4 is 5.73 Å². The Morgan fingerprint density at radius 1 is 1.46 bits per heavy atom. The monoisotopic (exact) mass is 209 g/mol. The van der Waals surface area contributed by atoms with Crippen LogP contribution in [0.3, 0.4) is 0 Å². The van der Waals surface area contributed by atoms with E-state index in [2.05, 4.69) is 0 Å². The number of allylic oxidation sites excluding steroid dienone is 1. The molecule has 0 aliphatic heterocycles. The fraction of sp³-hybridized carbons (Fsp3) is 0.500. The Kier molecular flexibility index (Phi) is 4.29. The Labute approximate surface area is 75.2 Å². The van der Waals surface area contributed by atoms with E-state index >= 15 is 0 Å². The summed E-state index contributed by atoms with van der Waals surface area (Å²) in [5.41, 5.74) is 4.05. The van der Waals surface area contributed by atoms with E-state index in [1.165, 1.54) is 6.92 Å². The van der Waals surface area contributed by atoms with Crippen molar-refractivity contribution in [2.24, 2.45) is 5.73 Å². The summed E-state index contributed by atoms with van der Waals surface area (Å²) in [6.07, 6.45) is 2.14. The maximum absolute atomic E-state index is 10.6. The molecule has 6 nitrogen and oxygen atoms in total. The van der Waals surface area contributed by atoms with E-state index in [1.54, 1.807) is 0 Å². The van der Waals surface area contributed by atoms with Gasteiger partial charge in [0, 0.05) is 0 Å². The van der Waals surface area contributed by atoms with Crippen LogP contribution in [0.4, 0.5) is 0 Å². The number of carboxylic acid groups (broad SMARTS) is 1. The molecule has 0 aliphatic rings. The van der Waals surface area contributed by atoms with Gasteiger partial charge >= 0.3 is 13.6 Å². The first kappa shape index (κ1) is 12.3. The predicted octanol–water partition coefficient (Wildman–Crippen LogP) is -0.479. The highest BCUT2D eigenvalue weighted by Gasteiger charge is 2.21. The highest BCUT2D eigenvalue weighted by molar-refractivity contribution is 7.52. The molecule has 0 rings (SSSR count). The van der Waals surface area contributed by atoms with Gasteiger partial charge in [0.1, 0.15) is 6.04 Å². The quantitative estimate of drug-likeness (QED) is 0.366. The van der Waals surface area contributed by atoms with Gasteiger partial charge in [0.05, 0.1) is 5.66 Å². The lowest BCUT2D eigenvalue weighted by molar-refractivity contribution is -0.137. The van der Waals surface area contributed by atoms with Gasteiger partial charge in [-0.3, -0.25) is 9.36 Å². The first-order valence-corrected chi connectivity index (χ1v) is 5.15. The van der Waals surface area contributed by atoms with Crippen molar-refractivity contribution in [3.63, 3.8) is 0 Å². The zero-order valence-electron chi connectivity index (χ0n) is 6.99. The minimum Gasteiger partial charge on any atom is -0.480 e. The van der Waals surface area contributed by atoms with Crippen LogP contribution >= 0.6 is 7.60 Å². The topological polar surface area (TPSA) is 121 Å². The predicted molar refractivity (Wildman–Crippen MR) is 46.3 cm³/mol. The molecule has 0 saturated heterocycles. The van der Waals surface area contributed by atoms with E-state index in [1.807, 2.05) is 0 Å². The summed E-state index contributed by atoms with van der Waals surface area (Å²) >= 11 is 0. The maximum Gasteiger partial charge on any atom is 0.332 e. The second-order valence-electron chi connectivity index (χ2n) is 2.58. The largest absolute Gasteiger partial charge is 0.480 e. The molecule has 0 bridgehead atoms. The molecule has 2 atom stereocenters. The van der Waals surface area contributed by atoms with E-state index in [0.717, 1.165) is 12.2 Å². The maximum atomic E-state index is 10.6. The van der Waals surface area contributed by atoms with E-state index in [0.29, 0.717) is 0 Å². The summed E-state index contributed by atoms with van der Waals surface area (Å²) < 4.78 is 10.6. The van der Waals surface area contributed by atoms with Gasteiger partial charge in [0.2, 0.25) is 0 Å². The average Bonchev–Trinajstić information content (AvgIpc) is 1.97. The molecule has 0 aromatic rings. The van der Waals surface area contributed by atoms with Crippen molar-refractivity contribution in [1.82, 2.24) is 0 Å².